The van der Waals surface area contributed by atoms with Gasteiger partial charge in [-0.3, -0.25) is 4.55 Å². The fourth-order valence-corrected chi connectivity index (χ4v) is 6.65. The summed E-state index contributed by atoms with van der Waals surface area (Å²) in [4.78, 5) is 6.92. The van der Waals surface area contributed by atoms with Gasteiger partial charge in [0.05, 0.1) is 17.1 Å². The lowest BCUT2D eigenvalue weighted by molar-refractivity contribution is -0.668. The lowest BCUT2D eigenvalue weighted by Crippen LogP contribution is -2.36. The molecule has 196 valence electrons. The van der Waals surface area contributed by atoms with E-state index >= 15 is 0 Å². The van der Waals surface area contributed by atoms with Gasteiger partial charge in [-0.15, -0.1) is 0 Å². The number of hydrogen-bond donors (Lipinski definition) is 1. The van der Waals surface area contributed by atoms with Crippen LogP contribution in [0.5, 0.6) is 0 Å². The molecule has 6 rings (SSSR count). The molecule has 0 spiro atoms. The molecule has 2 aromatic heterocycles. The maximum absolute atomic E-state index is 11.4. The number of fused-ring (bicyclic) bond motifs is 2. The molecule has 3 aromatic carbocycles. The number of aromatic nitrogens is 3. The first-order valence-corrected chi connectivity index (χ1v) is 15.0. The molecule has 0 fully saturated rings. The van der Waals surface area contributed by atoms with Crippen molar-refractivity contribution in [3.63, 3.8) is 0 Å². The van der Waals surface area contributed by atoms with Gasteiger partial charge in [-0.25, -0.2) is 4.98 Å². The highest BCUT2D eigenvalue weighted by Gasteiger charge is 2.28. The van der Waals surface area contributed by atoms with Crippen LogP contribution < -0.4 is 9.47 Å². The molecule has 5 aromatic rings. The monoisotopic (exact) mass is 555 g/mol. The molecule has 0 radical (unpaired) electrons. The van der Waals surface area contributed by atoms with Crippen LogP contribution >= 0.6 is 11.3 Å². The number of para-hydroxylation sites is 3. The number of nitrogens with zero attached hydrogens (tertiary/aromatic N) is 4. The number of anilines is 2. The summed E-state index contributed by atoms with van der Waals surface area (Å²) in [5.41, 5.74) is 6.20. The van der Waals surface area contributed by atoms with E-state index < -0.39 is 10.1 Å². The second-order valence-electron chi connectivity index (χ2n) is 9.38. The first-order valence-electron chi connectivity index (χ1n) is 12.6. The second kappa shape index (κ2) is 10.3. The van der Waals surface area contributed by atoms with Gasteiger partial charge >= 0.3 is 0 Å². The average Bonchev–Trinajstić information content (AvgIpc) is 3.51. The number of imidazole rings is 1. The van der Waals surface area contributed by atoms with Crippen LogP contribution in [0.25, 0.3) is 27.6 Å². The van der Waals surface area contributed by atoms with Crippen molar-refractivity contribution >= 4 is 60.4 Å². The third-order valence-electron chi connectivity index (χ3n) is 6.75. The molecule has 0 atom stereocenters. The minimum absolute atomic E-state index is 0.280. The van der Waals surface area contributed by atoms with Gasteiger partial charge < -0.3 is 9.47 Å². The quantitative estimate of drug-likeness (QED) is 0.199. The molecular formula is C30H27N4O3S2+. The average molecular weight is 556 g/mol. The van der Waals surface area contributed by atoms with Gasteiger partial charge in [0.25, 0.3) is 15.1 Å². The normalized spacial score (nSPS) is 14.6. The van der Waals surface area contributed by atoms with E-state index in [0.29, 0.717) is 13.0 Å². The van der Waals surface area contributed by atoms with E-state index in [1.807, 2.05) is 66.3 Å². The van der Waals surface area contributed by atoms with Crippen molar-refractivity contribution in [2.75, 3.05) is 10.7 Å². The predicted octanol–water partition coefficient (Wildman–Crippen LogP) is 5.93. The van der Waals surface area contributed by atoms with Gasteiger partial charge in [-0.1, -0.05) is 59.9 Å². The van der Waals surface area contributed by atoms with E-state index in [1.165, 1.54) is 0 Å². The largest absolute Gasteiger partial charge is 0.333 e. The maximum atomic E-state index is 11.4. The van der Waals surface area contributed by atoms with Gasteiger partial charge in [0.15, 0.2) is 12.4 Å². The van der Waals surface area contributed by atoms with E-state index in [-0.39, 0.29) is 5.75 Å². The molecule has 0 unspecified atom stereocenters. The molecule has 1 N–H and O–H groups in total. The van der Waals surface area contributed by atoms with Crippen LogP contribution in [-0.4, -0.2) is 28.3 Å². The number of allylic oxidation sites excluding steroid dienone is 2. The summed E-state index contributed by atoms with van der Waals surface area (Å²) in [6.45, 7) is 0.469. The van der Waals surface area contributed by atoms with E-state index in [9.17, 15) is 13.0 Å². The molecule has 7 nitrogen and oxygen atoms in total. The Morgan fingerprint density at radius 2 is 1.74 bits per heavy atom. The highest BCUT2D eigenvalue weighted by atomic mass is 32.2. The minimum Gasteiger partial charge on any atom is -0.333 e. The fraction of sp³-hybridized carbons (Fsp3) is 0.133. The molecule has 39 heavy (non-hydrogen) atoms. The molecular weight excluding hydrogens is 528 g/mol. The van der Waals surface area contributed by atoms with E-state index in [4.69, 9.17) is 0 Å². The number of hydrogen-bond acceptors (Lipinski definition) is 5. The molecule has 9 heteroatoms. The summed E-state index contributed by atoms with van der Waals surface area (Å²) in [6.07, 6.45) is 8.40. The predicted molar refractivity (Wildman–Crippen MR) is 157 cm³/mol. The number of benzene rings is 3. The molecule has 1 aliphatic heterocycles. The highest BCUT2D eigenvalue weighted by molar-refractivity contribution is 7.85. The summed E-state index contributed by atoms with van der Waals surface area (Å²) >= 11 is 1.66. The van der Waals surface area contributed by atoms with Crippen molar-refractivity contribution in [2.45, 2.75) is 13.0 Å². The molecule has 3 heterocycles. The second-order valence-corrected chi connectivity index (χ2v) is 12.0. The Labute approximate surface area is 231 Å². The van der Waals surface area contributed by atoms with Crippen LogP contribution in [-0.2, 0) is 23.7 Å². The molecule has 0 amide bonds. The lowest BCUT2D eigenvalue weighted by Gasteiger charge is -2.33. The van der Waals surface area contributed by atoms with Gasteiger partial charge in [-0.05, 0) is 35.9 Å². The Kier molecular flexibility index (Phi) is 6.64. The van der Waals surface area contributed by atoms with Gasteiger partial charge in [0, 0.05) is 49.3 Å². The number of rotatable bonds is 7. The summed E-state index contributed by atoms with van der Waals surface area (Å²) < 4.78 is 37.4. The standard InChI is InChI=1S/C30H26N4O3S2/c1-32-18-16-31-30(32)27-20-22(24-12-5-6-13-25(24)34(27)23-10-3-2-4-11-23)21-29-33(17-9-19-39(35,36)37)26-14-7-8-15-28(26)38-29/h2-8,10-16,18,20-21H,9,17,19H2,1H3/p+1. The third-order valence-corrected chi connectivity index (χ3v) is 8.67. The van der Waals surface area contributed by atoms with Crippen molar-refractivity contribution < 1.29 is 17.5 Å². The maximum Gasteiger partial charge on any atom is 0.265 e. The minimum atomic E-state index is -4.03. The van der Waals surface area contributed by atoms with E-state index in [2.05, 4.69) is 56.9 Å². The van der Waals surface area contributed by atoms with Crippen molar-refractivity contribution in [1.82, 2.24) is 9.55 Å². The Balaban J connectivity index is 1.54. The summed E-state index contributed by atoms with van der Waals surface area (Å²) in [5.74, 6) is 0.565. The first kappa shape index (κ1) is 25.2. The van der Waals surface area contributed by atoms with E-state index in [1.54, 1.807) is 17.5 Å². The Bertz CT molecular complexity index is 1840. The zero-order chi connectivity index (χ0) is 27.0. The van der Waals surface area contributed by atoms with Crippen molar-refractivity contribution in [3.05, 3.63) is 114 Å². The smallest absolute Gasteiger partial charge is 0.265 e. The van der Waals surface area contributed by atoms with Crippen LogP contribution in [0.2, 0.25) is 0 Å². The summed E-state index contributed by atoms with van der Waals surface area (Å²) in [6, 6.07) is 26.7. The van der Waals surface area contributed by atoms with Crippen LogP contribution in [0.3, 0.4) is 0 Å². The van der Waals surface area contributed by atoms with Crippen LogP contribution in [0.4, 0.5) is 11.4 Å². The third kappa shape index (κ3) is 5.04. The topological polar surface area (TPSA) is 79.3 Å². The molecule has 0 bridgehead atoms. The lowest BCUT2D eigenvalue weighted by atomic mass is 9.96. The summed E-state index contributed by atoms with van der Waals surface area (Å²) in [7, 11) is -2.04. The van der Waals surface area contributed by atoms with Crippen LogP contribution in [0, 0.1) is 0 Å². The Morgan fingerprint density at radius 3 is 2.51 bits per heavy atom. The Hall–Kier alpha value is -4.05. The van der Waals surface area contributed by atoms with Crippen molar-refractivity contribution in [3.8, 4) is 0 Å². The van der Waals surface area contributed by atoms with Gasteiger partial charge in [0.1, 0.15) is 4.70 Å². The number of aryl methyl sites for hydroxylation is 2. The molecule has 0 saturated heterocycles. The first-order chi connectivity index (χ1) is 18.9. The van der Waals surface area contributed by atoms with Crippen LogP contribution in [0.1, 0.15) is 22.8 Å². The zero-order valence-corrected chi connectivity index (χ0v) is 22.9. The fourth-order valence-electron chi connectivity index (χ4n) is 5.01. The molecule has 0 saturated carbocycles. The zero-order valence-electron chi connectivity index (χ0n) is 21.3. The van der Waals surface area contributed by atoms with Crippen molar-refractivity contribution in [2.24, 2.45) is 7.05 Å². The van der Waals surface area contributed by atoms with Gasteiger partial charge in [-0.2, -0.15) is 13.0 Å². The highest BCUT2D eigenvalue weighted by Crippen LogP contribution is 2.44. The van der Waals surface area contributed by atoms with Crippen molar-refractivity contribution in [1.29, 1.82) is 0 Å². The SMILES string of the molecule is Cn1ccnc1C1=C/C(=C\c2sc3ccccc3[n+]2CCCS(=O)(=O)O)c2ccccc2N1c1ccccc1. The Morgan fingerprint density at radius 1 is 1.00 bits per heavy atom. The van der Waals surface area contributed by atoms with E-state index in [0.717, 1.165) is 49.3 Å². The molecule has 0 aliphatic carbocycles. The summed E-state index contributed by atoms with van der Waals surface area (Å²) in [5, 5.41) is 1.000. The number of thiazole rings is 1. The van der Waals surface area contributed by atoms with Gasteiger partial charge in [0.2, 0.25) is 5.52 Å². The molecule has 1 aliphatic rings. The van der Waals surface area contributed by atoms with Crippen LogP contribution in [0.15, 0.2) is 97.3 Å².